The topological polar surface area (TPSA) is 97.3 Å². The molecule has 0 bridgehead atoms. The SMILES string of the molecule is OCC1CCCN1.OCC1CCCN1c1ncnc2[nH]ccc12. The second-order valence-corrected chi connectivity index (χ2v) is 6.09. The van der Waals surface area contributed by atoms with Crippen molar-refractivity contribution in [3.63, 3.8) is 0 Å². The van der Waals surface area contributed by atoms with Crippen LogP contribution in [0.15, 0.2) is 18.6 Å². The van der Waals surface area contributed by atoms with Gasteiger partial charge in [-0.1, -0.05) is 0 Å². The normalized spacial score (nSPS) is 24.0. The van der Waals surface area contributed by atoms with Crippen LogP contribution in [0.5, 0.6) is 0 Å². The number of hydrogen-bond donors (Lipinski definition) is 4. The largest absolute Gasteiger partial charge is 0.395 e. The fourth-order valence-corrected chi connectivity index (χ4v) is 3.30. The fraction of sp³-hybridized carbons (Fsp3) is 0.625. The average molecular weight is 319 g/mol. The second-order valence-electron chi connectivity index (χ2n) is 6.09. The summed E-state index contributed by atoms with van der Waals surface area (Å²) in [5.41, 5.74) is 0.855. The third-order valence-electron chi connectivity index (χ3n) is 4.58. The summed E-state index contributed by atoms with van der Waals surface area (Å²) in [7, 11) is 0. The molecular formula is C16H25N5O2. The van der Waals surface area contributed by atoms with Gasteiger partial charge in [-0.2, -0.15) is 0 Å². The maximum absolute atomic E-state index is 9.33. The Morgan fingerprint density at radius 2 is 2.09 bits per heavy atom. The summed E-state index contributed by atoms with van der Waals surface area (Å²) in [6.07, 6.45) is 7.96. The van der Waals surface area contributed by atoms with Crippen LogP contribution in [-0.2, 0) is 0 Å². The molecule has 2 aliphatic heterocycles. The van der Waals surface area contributed by atoms with Crippen LogP contribution in [-0.4, -0.2) is 63.6 Å². The molecule has 2 saturated heterocycles. The number of nitrogens with zero attached hydrogens (tertiary/aromatic N) is 3. The van der Waals surface area contributed by atoms with Crippen LogP contribution in [0.2, 0.25) is 0 Å². The molecule has 2 aromatic rings. The van der Waals surface area contributed by atoms with Gasteiger partial charge in [0.25, 0.3) is 0 Å². The fourth-order valence-electron chi connectivity index (χ4n) is 3.30. The highest BCUT2D eigenvalue weighted by Gasteiger charge is 2.26. The summed E-state index contributed by atoms with van der Waals surface area (Å²) in [6.45, 7) is 2.55. The van der Waals surface area contributed by atoms with Crippen LogP contribution in [0.3, 0.4) is 0 Å². The lowest BCUT2D eigenvalue weighted by Gasteiger charge is -2.24. The Balaban J connectivity index is 0.000000188. The van der Waals surface area contributed by atoms with E-state index >= 15 is 0 Å². The third-order valence-corrected chi connectivity index (χ3v) is 4.58. The smallest absolute Gasteiger partial charge is 0.142 e. The van der Waals surface area contributed by atoms with Crippen LogP contribution < -0.4 is 10.2 Å². The lowest BCUT2D eigenvalue weighted by molar-refractivity contribution is 0.255. The maximum Gasteiger partial charge on any atom is 0.142 e. The predicted molar refractivity (Wildman–Crippen MR) is 89.5 cm³/mol. The molecule has 7 heteroatoms. The number of hydrogen-bond acceptors (Lipinski definition) is 6. The van der Waals surface area contributed by atoms with Crippen molar-refractivity contribution < 1.29 is 10.2 Å². The van der Waals surface area contributed by atoms with Crippen LogP contribution >= 0.6 is 0 Å². The zero-order valence-electron chi connectivity index (χ0n) is 13.3. The van der Waals surface area contributed by atoms with E-state index in [-0.39, 0.29) is 12.6 Å². The van der Waals surface area contributed by atoms with Gasteiger partial charge in [-0.25, -0.2) is 9.97 Å². The lowest BCUT2D eigenvalue weighted by atomic mass is 10.2. The Labute approximate surface area is 135 Å². The summed E-state index contributed by atoms with van der Waals surface area (Å²) in [4.78, 5) is 13.8. The number of aliphatic hydroxyl groups is 2. The minimum Gasteiger partial charge on any atom is -0.395 e. The number of aromatic amines is 1. The van der Waals surface area contributed by atoms with Gasteiger partial charge in [-0.15, -0.1) is 0 Å². The van der Waals surface area contributed by atoms with Crippen molar-refractivity contribution in [2.75, 3.05) is 31.2 Å². The van der Waals surface area contributed by atoms with Crippen molar-refractivity contribution in [2.45, 2.75) is 37.8 Å². The van der Waals surface area contributed by atoms with E-state index in [9.17, 15) is 5.11 Å². The molecule has 2 unspecified atom stereocenters. The van der Waals surface area contributed by atoms with Crippen molar-refractivity contribution in [1.29, 1.82) is 0 Å². The van der Waals surface area contributed by atoms with Crippen LogP contribution in [0, 0.1) is 0 Å². The minimum absolute atomic E-state index is 0.190. The molecule has 4 heterocycles. The van der Waals surface area contributed by atoms with Crippen LogP contribution in [0.1, 0.15) is 25.7 Å². The molecule has 7 nitrogen and oxygen atoms in total. The molecule has 126 valence electrons. The van der Waals surface area contributed by atoms with E-state index in [1.165, 1.54) is 6.42 Å². The zero-order valence-corrected chi connectivity index (χ0v) is 13.3. The number of nitrogens with one attached hydrogen (secondary N) is 2. The van der Waals surface area contributed by atoms with E-state index in [0.717, 1.165) is 49.2 Å². The first kappa shape index (κ1) is 16.2. The van der Waals surface area contributed by atoms with Gasteiger partial charge in [-0.3, -0.25) is 0 Å². The molecule has 2 aliphatic rings. The number of aliphatic hydroxyl groups excluding tert-OH is 2. The molecule has 0 saturated carbocycles. The van der Waals surface area contributed by atoms with Gasteiger partial charge in [0.05, 0.1) is 24.6 Å². The van der Waals surface area contributed by atoms with E-state index in [1.807, 2.05) is 12.3 Å². The summed E-state index contributed by atoms with van der Waals surface area (Å²) >= 11 is 0. The number of aromatic nitrogens is 3. The lowest BCUT2D eigenvalue weighted by Crippen LogP contribution is -2.32. The molecule has 23 heavy (non-hydrogen) atoms. The summed E-state index contributed by atoms with van der Waals surface area (Å²) in [6, 6.07) is 2.59. The first-order valence-corrected chi connectivity index (χ1v) is 8.33. The Kier molecular flexibility index (Phi) is 5.43. The van der Waals surface area contributed by atoms with E-state index < -0.39 is 0 Å². The second kappa shape index (κ2) is 7.72. The summed E-state index contributed by atoms with van der Waals surface area (Å²) in [5, 5.41) is 22.0. The minimum atomic E-state index is 0.190. The van der Waals surface area contributed by atoms with E-state index in [2.05, 4.69) is 25.2 Å². The van der Waals surface area contributed by atoms with Crippen molar-refractivity contribution in [3.8, 4) is 0 Å². The standard InChI is InChI=1S/C11H14N4O.C5H11NO/c16-6-8-2-1-5-15(8)11-9-3-4-12-10(9)13-7-14-11;7-4-5-2-1-3-6-5/h3-4,7-8,16H,1-2,5-6H2,(H,12,13,14);5-7H,1-4H2. The first-order chi connectivity index (χ1) is 11.3. The number of fused-ring (bicyclic) bond motifs is 1. The Hall–Kier alpha value is -1.70. The molecule has 0 aliphatic carbocycles. The van der Waals surface area contributed by atoms with E-state index in [1.54, 1.807) is 6.33 Å². The predicted octanol–water partition coefficient (Wildman–Crippen LogP) is 0.650. The molecule has 2 aromatic heterocycles. The van der Waals surface area contributed by atoms with Gasteiger partial charge >= 0.3 is 0 Å². The summed E-state index contributed by atoms with van der Waals surface area (Å²) < 4.78 is 0. The van der Waals surface area contributed by atoms with E-state index in [4.69, 9.17) is 5.11 Å². The Morgan fingerprint density at radius 3 is 2.78 bits per heavy atom. The molecule has 2 atom stereocenters. The van der Waals surface area contributed by atoms with Crippen molar-refractivity contribution >= 4 is 16.9 Å². The molecule has 2 fully saturated rings. The molecule has 0 aromatic carbocycles. The quantitative estimate of drug-likeness (QED) is 0.663. The van der Waals surface area contributed by atoms with Gasteiger partial charge in [0, 0.05) is 18.8 Å². The number of H-pyrrole nitrogens is 1. The molecule has 0 radical (unpaired) electrons. The summed E-state index contributed by atoms with van der Waals surface area (Å²) in [5.74, 6) is 0.933. The van der Waals surface area contributed by atoms with Crippen molar-refractivity contribution in [1.82, 2.24) is 20.3 Å². The average Bonchev–Trinajstić information content (AvgIpc) is 3.34. The number of anilines is 1. The van der Waals surface area contributed by atoms with Gasteiger partial charge in [0.15, 0.2) is 0 Å². The molecule has 0 amide bonds. The molecule has 0 spiro atoms. The highest BCUT2D eigenvalue weighted by atomic mass is 16.3. The Bertz CT molecular complexity index is 611. The highest BCUT2D eigenvalue weighted by Crippen LogP contribution is 2.28. The number of rotatable bonds is 3. The highest BCUT2D eigenvalue weighted by molar-refractivity contribution is 5.87. The third kappa shape index (κ3) is 3.63. The van der Waals surface area contributed by atoms with Gasteiger partial charge in [0.1, 0.15) is 17.8 Å². The van der Waals surface area contributed by atoms with E-state index in [0.29, 0.717) is 12.6 Å². The maximum atomic E-state index is 9.33. The van der Waals surface area contributed by atoms with Crippen LogP contribution in [0.25, 0.3) is 11.0 Å². The van der Waals surface area contributed by atoms with Gasteiger partial charge < -0.3 is 25.4 Å². The first-order valence-electron chi connectivity index (χ1n) is 8.33. The molecule has 4 rings (SSSR count). The monoisotopic (exact) mass is 319 g/mol. The Morgan fingerprint density at radius 1 is 1.17 bits per heavy atom. The van der Waals surface area contributed by atoms with Gasteiger partial charge in [-0.05, 0) is 38.3 Å². The molecule has 4 N–H and O–H groups in total. The molecular weight excluding hydrogens is 294 g/mol. The zero-order chi connectivity index (χ0) is 16.1. The van der Waals surface area contributed by atoms with Gasteiger partial charge in [0.2, 0.25) is 0 Å². The van der Waals surface area contributed by atoms with Crippen molar-refractivity contribution in [2.24, 2.45) is 0 Å². The van der Waals surface area contributed by atoms with Crippen LogP contribution in [0.4, 0.5) is 5.82 Å². The van der Waals surface area contributed by atoms with Crippen molar-refractivity contribution in [3.05, 3.63) is 18.6 Å².